The van der Waals surface area contributed by atoms with E-state index in [9.17, 15) is 41.0 Å². The second kappa shape index (κ2) is 7.37. The van der Waals surface area contributed by atoms with E-state index in [1.54, 1.807) is 24.3 Å². The first-order valence-electron chi connectivity index (χ1n) is 9.28. The number of anilines is 3. The molecule has 0 aliphatic heterocycles. The van der Waals surface area contributed by atoms with E-state index in [4.69, 9.17) is 0 Å². The third kappa shape index (κ3) is 3.83. The second-order valence-corrected chi connectivity index (χ2v) is 7.42. The summed E-state index contributed by atoms with van der Waals surface area (Å²) in [6.45, 7) is 0. The lowest BCUT2D eigenvalue weighted by atomic mass is 10.0. The Morgan fingerprint density at radius 2 is 1.41 bits per heavy atom. The van der Waals surface area contributed by atoms with Crippen molar-refractivity contribution in [3.8, 4) is 0 Å². The van der Waals surface area contributed by atoms with E-state index < -0.39 is 57.9 Å². The fourth-order valence-electron chi connectivity index (χ4n) is 3.72. The van der Waals surface area contributed by atoms with Gasteiger partial charge < -0.3 is 15.7 Å². The molecule has 0 saturated carbocycles. The minimum atomic E-state index is -5.07. The summed E-state index contributed by atoms with van der Waals surface area (Å²) in [6.07, 6.45) is -10.8. The summed E-state index contributed by atoms with van der Waals surface area (Å²) < 4.78 is 78.4. The maximum Gasteiger partial charge on any atom is 0.416 e. The molecule has 0 spiro atoms. The number of fused-ring (bicyclic) bond motifs is 1. The third-order valence-corrected chi connectivity index (χ3v) is 5.27. The monoisotopic (exact) mass is 456 g/mol. The lowest BCUT2D eigenvalue weighted by molar-refractivity contribution is -0.143. The van der Waals surface area contributed by atoms with Crippen LogP contribution in [0.2, 0.25) is 0 Å². The van der Waals surface area contributed by atoms with Crippen molar-refractivity contribution in [3.05, 3.63) is 85.2 Å². The van der Waals surface area contributed by atoms with Crippen molar-refractivity contribution in [1.82, 2.24) is 0 Å². The van der Waals surface area contributed by atoms with Gasteiger partial charge in [-0.1, -0.05) is 24.3 Å². The van der Waals surface area contributed by atoms with Crippen molar-refractivity contribution in [1.29, 1.82) is 0 Å². The molecule has 0 radical (unpaired) electrons. The van der Waals surface area contributed by atoms with Gasteiger partial charge in [0.2, 0.25) is 0 Å². The highest BCUT2D eigenvalue weighted by molar-refractivity contribution is 5.79. The molecule has 3 aromatic rings. The van der Waals surface area contributed by atoms with Gasteiger partial charge >= 0.3 is 12.4 Å². The Balaban J connectivity index is 1.69. The van der Waals surface area contributed by atoms with E-state index in [0.717, 1.165) is 5.56 Å². The highest BCUT2D eigenvalue weighted by Gasteiger charge is 2.38. The van der Waals surface area contributed by atoms with Gasteiger partial charge in [-0.3, -0.25) is 9.59 Å². The number of hydrogen-bond donors (Lipinski definition) is 3. The summed E-state index contributed by atoms with van der Waals surface area (Å²) in [5.41, 5.74) is -5.20. The number of rotatable bonds is 4. The number of aliphatic hydroxyl groups excluding tert-OH is 1. The normalized spacial score (nSPS) is 18.6. The van der Waals surface area contributed by atoms with Gasteiger partial charge in [0.05, 0.1) is 23.3 Å². The number of aliphatic hydroxyl groups is 1. The first-order valence-corrected chi connectivity index (χ1v) is 9.28. The molecule has 0 fully saturated rings. The van der Waals surface area contributed by atoms with Crippen LogP contribution in [0.15, 0.2) is 52.1 Å². The first kappa shape index (κ1) is 21.9. The molecule has 2 atom stereocenters. The molecule has 3 aromatic carbocycles. The molecule has 0 saturated heterocycles. The lowest BCUT2D eigenvalue weighted by Crippen LogP contribution is -2.38. The minimum absolute atomic E-state index is 0.0434. The largest absolute Gasteiger partial charge is 0.416 e. The first-order chi connectivity index (χ1) is 14.9. The number of benzene rings is 2. The van der Waals surface area contributed by atoms with Crippen molar-refractivity contribution >= 4 is 17.1 Å². The molecule has 0 amide bonds. The molecule has 0 aromatic heterocycles. The number of halogens is 6. The van der Waals surface area contributed by atoms with Crippen molar-refractivity contribution in [2.75, 3.05) is 10.6 Å². The Bertz CT molecular complexity index is 1230. The third-order valence-electron chi connectivity index (χ3n) is 5.27. The smallest absolute Gasteiger partial charge is 0.390 e. The molecule has 5 nitrogen and oxygen atoms in total. The molecular formula is C21H14F6N2O3. The standard InChI is InChI=1S/C21H14F6N2O3/c22-20(23,24)10-6-11(21(25,26)27)8-12(7-10)28-16-17(19(32)18(16)31)29-15-13-4-2-1-3-9(13)5-14(15)30/h1-4,6-8,14-15,28-30H,5H2/t14-,15+/m1/s1. The summed E-state index contributed by atoms with van der Waals surface area (Å²) in [6, 6.07) is 6.93. The van der Waals surface area contributed by atoms with Crippen molar-refractivity contribution in [2.24, 2.45) is 0 Å². The molecule has 0 heterocycles. The van der Waals surface area contributed by atoms with Gasteiger partial charge in [-0.15, -0.1) is 0 Å². The maximum atomic E-state index is 13.1. The van der Waals surface area contributed by atoms with E-state index in [1.807, 2.05) is 0 Å². The predicted molar refractivity (Wildman–Crippen MR) is 104 cm³/mol. The summed E-state index contributed by atoms with van der Waals surface area (Å²) in [4.78, 5) is 24.1. The maximum absolute atomic E-state index is 13.1. The van der Waals surface area contributed by atoms with Gasteiger partial charge in [0.1, 0.15) is 11.4 Å². The highest BCUT2D eigenvalue weighted by atomic mass is 19.4. The van der Waals surface area contributed by atoms with Crippen LogP contribution < -0.4 is 21.5 Å². The van der Waals surface area contributed by atoms with Crippen LogP contribution in [0.3, 0.4) is 0 Å². The molecular weight excluding hydrogens is 442 g/mol. The fourth-order valence-corrected chi connectivity index (χ4v) is 3.72. The highest BCUT2D eigenvalue weighted by Crippen LogP contribution is 2.39. The number of hydrogen-bond acceptors (Lipinski definition) is 5. The zero-order valence-corrected chi connectivity index (χ0v) is 15.9. The van der Waals surface area contributed by atoms with Crippen LogP contribution in [0.25, 0.3) is 0 Å². The Labute approximate surface area is 176 Å². The van der Waals surface area contributed by atoms with Crippen LogP contribution in [0.1, 0.15) is 28.3 Å². The van der Waals surface area contributed by atoms with Gasteiger partial charge in [-0.25, -0.2) is 0 Å². The molecule has 0 bridgehead atoms. The van der Waals surface area contributed by atoms with Gasteiger partial charge in [-0.05, 0) is 29.3 Å². The van der Waals surface area contributed by atoms with Crippen molar-refractivity contribution < 1.29 is 31.4 Å². The van der Waals surface area contributed by atoms with E-state index in [0.29, 0.717) is 17.7 Å². The topological polar surface area (TPSA) is 78.4 Å². The number of nitrogens with one attached hydrogen (secondary N) is 2. The summed E-state index contributed by atoms with van der Waals surface area (Å²) in [5, 5.41) is 15.2. The van der Waals surface area contributed by atoms with Gasteiger partial charge in [0, 0.05) is 12.1 Å². The molecule has 1 aliphatic carbocycles. The van der Waals surface area contributed by atoms with Crippen LogP contribution in [-0.2, 0) is 18.8 Å². The average Bonchev–Trinajstić information content (AvgIpc) is 3.03. The minimum Gasteiger partial charge on any atom is -0.390 e. The molecule has 1 aliphatic rings. The van der Waals surface area contributed by atoms with Gasteiger partial charge in [0.25, 0.3) is 10.9 Å². The summed E-state index contributed by atoms with van der Waals surface area (Å²) >= 11 is 0. The van der Waals surface area contributed by atoms with Crippen molar-refractivity contribution in [2.45, 2.75) is 30.9 Å². The van der Waals surface area contributed by atoms with Crippen molar-refractivity contribution in [3.63, 3.8) is 0 Å². The Morgan fingerprint density at radius 3 is 2.00 bits per heavy atom. The Morgan fingerprint density at radius 1 is 0.844 bits per heavy atom. The Hall–Kier alpha value is -3.34. The zero-order valence-electron chi connectivity index (χ0n) is 15.9. The van der Waals surface area contributed by atoms with E-state index in [1.165, 1.54) is 0 Å². The van der Waals surface area contributed by atoms with E-state index >= 15 is 0 Å². The molecule has 168 valence electrons. The summed E-state index contributed by atoms with van der Waals surface area (Å²) in [7, 11) is 0. The lowest BCUT2D eigenvalue weighted by Gasteiger charge is -2.23. The van der Waals surface area contributed by atoms with Gasteiger partial charge in [0.15, 0.2) is 0 Å². The Kier molecular flexibility index (Phi) is 5.04. The molecule has 0 unspecified atom stereocenters. The molecule has 3 N–H and O–H groups in total. The molecule has 32 heavy (non-hydrogen) atoms. The van der Waals surface area contributed by atoms with Crippen LogP contribution >= 0.6 is 0 Å². The van der Waals surface area contributed by atoms with Crippen LogP contribution in [0.4, 0.5) is 43.4 Å². The number of alkyl halides is 6. The SMILES string of the molecule is O=c1c(Nc2cc(C(F)(F)F)cc(C(F)(F)F)c2)c(N[C@H]2c3ccccc3C[C@H]2O)c1=O. The summed E-state index contributed by atoms with van der Waals surface area (Å²) in [5.74, 6) is 0. The molecule has 11 heteroatoms. The average molecular weight is 456 g/mol. The zero-order chi connectivity index (χ0) is 23.4. The molecule has 4 rings (SSSR count). The van der Waals surface area contributed by atoms with Crippen LogP contribution in [0, 0.1) is 0 Å². The predicted octanol–water partition coefficient (Wildman–Crippen LogP) is 4.13. The van der Waals surface area contributed by atoms with Gasteiger partial charge in [-0.2, -0.15) is 26.3 Å². The van der Waals surface area contributed by atoms with E-state index in [2.05, 4.69) is 10.6 Å². The van der Waals surface area contributed by atoms with Crippen LogP contribution in [0.5, 0.6) is 0 Å². The van der Waals surface area contributed by atoms with Crippen LogP contribution in [-0.4, -0.2) is 11.2 Å². The fraction of sp³-hybridized carbons (Fsp3) is 0.238. The second-order valence-electron chi connectivity index (χ2n) is 7.42. The van der Waals surface area contributed by atoms with E-state index in [-0.39, 0.29) is 18.2 Å². The quantitative estimate of drug-likeness (QED) is 0.407.